The highest BCUT2D eigenvalue weighted by Crippen LogP contribution is 2.23. The fraction of sp³-hybridized carbons (Fsp3) is 0.467. The van der Waals surface area contributed by atoms with Crippen molar-refractivity contribution < 1.29 is 14.7 Å². The van der Waals surface area contributed by atoms with Crippen LogP contribution in [-0.4, -0.2) is 42.0 Å². The van der Waals surface area contributed by atoms with Gasteiger partial charge in [-0.3, -0.25) is 9.69 Å². The maximum atomic E-state index is 11.7. The number of piperidine rings is 1. The van der Waals surface area contributed by atoms with Crippen molar-refractivity contribution in [2.75, 3.05) is 20.1 Å². The van der Waals surface area contributed by atoms with E-state index in [-0.39, 0.29) is 11.8 Å². The Bertz CT molecular complexity index is 539. The molecule has 6 heteroatoms. The molecule has 1 atom stereocenters. The van der Waals surface area contributed by atoms with Crippen LogP contribution in [0.4, 0.5) is 0 Å². The van der Waals surface area contributed by atoms with Crippen molar-refractivity contribution in [3.63, 3.8) is 0 Å². The number of hydrogen-bond acceptors (Lipinski definition) is 4. The van der Waals surface area contributed by atoms with Gasteiger partial charge in [0, 0.05) is 36.0 Å². The van der Waals surface area contributed by atoms with E-state index in [1.165, 1.54) is 4.88 Å². The molecule has 21 heavy (non-hydrogen) atoms. The maximum absolute atomic E-state index is 11.7. The van der Waals surface area contributed by atoms with Crippen molar-refractivity contribution >= 4 is 29.3 Å². The Morgan fingerprint density at radius 2 is 2.33 bits per heavy atom. The summed E-state index contributed by atoms with van der Waals surface area (Å²) >= 11 is 1.59. The number of aliphatic carboxylic acids is 1. The molecular weight excluding hydrogens is 288 g/mol. The van der Waals surface area contributed by atoms with Gasteiger partial charge in [-0.25, -0.2) is 4.79 Å². The molecule has 2 rings (SSSR count). The Kier molecular flexibility index (Phi) is 5.52. The first-order valence-electron chi connectivity index (χ1n) is 7.02. The minimum atomic E-state index is -0.936. The molecule has 1 aromatic heterocycles. The third-order valence-corrected chi connectivity index (χ3v) is 4.61. The molecule has 2 heterocycles. The van der Waals surface area contributed by atoms with Crippen LogP contribution in [0.5, 0.6) is 0 Å². The standard InChI is InChI=1S/C15H20N2O3S/c1-16-15(20)11-3-2-8-17(9-11)10-13-5-4-12(21-13)6-7-14(18)19/h4-7,11H,2-3,8-10H2,1H3,(H,16,20)(H,18,19)/b7-6+. The zero-order valence-electron chi connectivity index (χ0n) is 12.0. The summed E-state index contributed by atoms with van der Waals surface area (Å²) in [4.78, 5) is 26.6. The third kappa shape index (κ3) is 4.68. The summed E-state index contributed by atoms with van der Waals surface area (Å²) < 4.78 is 0. The van der Waals surface area contributed by atoms with E-state index in [4.69, 9.17) is 5.11 Å². The van der Waals surface area contributed by atoms with Crippen LogP contribution in [0.15, 0.2) is 18.2 Å². The smallest absolute Gasteiger partial charge is 0.328 e. The number of nitrogens with one attached hydrogen (secondary N) is 1. The molecular formula is C15H20N2O3S. The van der Waals surface area contributed by atoms with E-state index < -0.39 is 5.97 Å². The van der Waals surface area contributed by atoms with Gasteiger partial charge in [-0.1, -0.05) is 0 Å². The van der Waals surface area contributed by atoms with Crippen molar-refractivity contribution in [3.8, 4) is 0 Å². The predicted octanol–water partition coefficient (Wildman–Crippen LogP) is 1.80. The number of carbonyl (C=O) groups is 2. The number of carboxylic acids is 1. The number of nitrogens with zero attached hydrogens (tertiary/aromatic N) is 1. The first-order chi connectivity index (χ1) is 10.1. The highest BCUT2D eigenvalue weighted by molar-refractivity contribution is 7.12. The maximum Gasteiger partial charge on any atom is 0.328 e. The highest BCUT2D eigenvalue weighted by atomic mass is 32.1. The van der Waals surface area contributed by atoms with Crippen LogP contribution < -0.4 is 5.32 Å². The van der Waals surface area contributed by atoms with Crippen LogP contribution in [0, 0.1) is 5.92 Å². The molecule has 0 spiro atoms. The first-order valence-corrected chi connectivity index (χ1v) is 7.84. The van der Waals surface area contributed by atoms with Crippen molar-refractivity contribution in [1.82, 2.24) is 10.2 Å². The topological polar surface area (TPSA) is 69.6 Å². The Labute approximate surface area is 128 Å². The van der Waals surface area contributed by atoms with Gasteiger partial charge in [-0.15, -0.1) is 11.3 Å². The minimum Gasteiger partial charge on any atom is -0.478 e. The van der Waals surface area contributed by atoms with Crippen molar-refractivity contribution in [2.24, 2.45) is 5.92 Å². The molecule has 1 aromatic rings. The second-order valence-corrected chi connectivity index (χ2v) is 6.36. The zero-order valence-corrected chi connectivity index (χ0v) is 12.9. The molecule has 1 saturated heterocycles. The van der Waals surface area contributed by atoms with Crippen molar-refractivity contribution in [1.29, 1.82) is 0 Å². The minimum absolute atomic E-state index is 0.0788. The van der Waals surface area contributed by atoms with Crippen LogP contribution in [0.25, 0.3) is 6.08 Å². The van der Waals surface area contributed by atoms with Gasteiger partial charge >= 0.3 is 5.97 Å². The Morgan fingerprint density at radius 1 is 1.52 bits per heavy atom. The van der Waals surface area contributed by atoms with Crippen LogP contribution in [0.2, 0.25) is 0 Å². The van der Waals surface area contributed by atoms with Crippen molar-refractivity contribution in [3.05, 3.63) is 28.0 Å². The Morgan fingerprint density at radius 3 is 3.05 bits per heavy atom. The summed E-state index contributed by atoms with van der Waals surface area (Å²) in [6.07, 6.45) is 4.75. The molecule has 0 bridgehead atoms. The predicted molar refractivity (Wildman–Crippen MR) is 83.1 cm³/mol. The summed E-state index contributed by atoms with van der Waals surface area (Å²) in [7, 11) is 1.68. The highest BCUT2D eigenvalue weighted by Gasteiger charge is 2.25. The molecule has 1 aliphatic rings. The number of rotatable bonds is 5. The average molecular weight is 308 g/mol. The molecule has 0 radical (unpaired) electrons. The van der Waals surface area contributed by atoms with Crippen molar-refractivity contribution in [2.45, 2.75) is 19.4 Å². The normalized spacial score (nSPS) is 19.8. The largest absolute Gasteiger partial charge is 0.478 e. The molecule has 5 nitrogen and oxygen atoms in total. The number of carboxylic acid groups (broad SMARTS) is 1. The van der Waals surface area contributed by atoms with Crippen LogP contribution >= 0.6 is 11.3 Å². The Hall–Kier alpha value is -1.66. The van der Waals surface area contributed by atoms with Gasteiger partial charge in [0.2, 0.25) is 5.91 Å². The molecule has 1 aliphatic heterocycles. The third-order valence-electron chi connectivity index (χ3n) is 3.57. The fourth-order valence-corrected chi connectivity index (χ4v) is 3.52. The van der Waals surface area contributed by atoms with Gasteiger partial charge in [0.25, 0.3) is 0 Å². The lowest BCUT2D eigenvalue weighted by Crippen LogP contribution is -2.41. The monoisotopic (exact) mass is 308 g/mol. The van der Waals surface area contributed by atoms with E-state index in [9.17, 15) is 9.59 Å². The average Bonchev–Trinajstić information content (AvgIpc) is 2.92. The van der Waals surface area contributed by atoms with E-state index in [0.717, 1.165) is 43.4 Å². The van der Waals surface area contributed by atoms with Crippen LogP contribution in [0.3, 0.4) is 0 Å². The molecule has 2 N–H and O–H groups in total. The molecule has 114 valence electrons. The zero-order chi connectivity index (χ0) is 15.2. The van der Waals surface area contributed by atoms with Crippen LogP contribution in [-0.2, 0) is 16.1 Å². The lowest BCUT2D eigenvalue weighted by atomic mass is 9.97. The molecule has 1 fully saturated rings. The number of amides is 1. The van der Waals surface area contributed by atoms with Gasteiger partial charge in [-0.2, -0.15) is 0 Å². The van der Waals surface area contributed by atoms with E-state index in [2.05, 4.69) is 10.2 Å². The molecule has 1 amide bonds. The number of thiophene rings is 1. The first kappa shape index (κ1) is 15.7. The van der Waals surface area contributed by atoms with E-state index in [1.54, 1.807) is 24.5 Å². The molecule has 0 aromatic carbocycles. The number of carbonyl (C=O) groups excluding carboxylic acids is 1. The number of hydrogen-bond donors (Lipinski definition) is 2. The lowest BCUT2D eigenvalue weighted by molar-refractivity contribution is -0.131. The summed E-state index contributed by atoms with van der Waals surface area (Å²) in [5.41, 5.74) is 0. The van der Waals surface area contributed by atoms with Gasteiger partial charge < -0.3 is 10.4 Å². The second-order valence-electron chi connectivity index (χ2n) is 5.16. The second kappa shape index (κ2) is 7.38. The van der Waals surface area contributed by atoms with E-state index >= 15 is 0 Å². The quantitative estimate of drug-likeness (QED) is 0.814. The summed E-state index contributed by atoms with van der Waals surface area (Å²) in [6, 6.07) is 3.95. The van der Waals surface area contributed by atoms with Gasteiger partial charge in [0.05, 0.1) is 5.92 Å². The van der Waals surface area contributed by atoms with E-state index in [0.29, 0.717) is 0 Å². The van der Waals surface area contributed by atoms with Gasteiger partial charge in [-0.05, 0) is 37.6 Å². The Balaban J connectivity index is 1.92. The lowest BCUT2D eigenvalue weighted by Gasteiger charge is -2.31. The van der Waals surface area contributed by atoms with Gasteiger partial charge in [0.1, 0.15) is 0 Å². The molecule has 0 aliphatic carbocycles. The summed E-state index contributed by atoms with van der Waals surface area (Å²) in [5.74, 6) is -0.736. The summed E-state index contributed by atoms with van der Waals surface area (Å²) in [5, 5.41) is 11.3. The van der Waals surface area contributed by atoms with Crippen LogP contribution in [0.1, 0.15) is 22.6 Å². The SMILES string of the molecule is CNC(=O)C1CCCN(Cc2ccc(/C=C/C(=O)O)s2)C1. The summed E-state index contributed by atoms with van der Waals surface area (Å²) in [6.45, 7) is 2.61. The number of likely N-dealkylation sites (tertiary alicyclic amines) is 1. The molecule has 0 saturated carbocycles. The van der Waals surface area contributed by atoms with Gasteiger partial charge in [0.15, 0.2) is 0 Å². The van der Waals surface area contributed by atoms with E-state index in [1.807, 2.05) is 12.1 Å². The molecule has 1 unspecified atom stereocenters. The fourth-order valence-electron chi connectivity index (χ4n) is 2.56.